The molecule has 1 N–H and O–H groups in total. The molecular weight excluding hydrogens is 182 g/mol. The molecule has 0 spiro atoms. The fourth-order valence-corrected chi connectivity index (χ4v) is 1.55. The smallest absolute Gasteiger partial charge is 0.106 e. The van der Waals surface area contributed by atoms with Crippen molar-refractivity contribution < 1.29 is 5.11 Å². The van der Waals surface area contributed by atoms with Gasteiger partial charge in [0, 0.05) is 18.6 Å². The molecule has 0 aliphatic rings. The first-order valence-corrected chi connectivity index (χ1v) is 5.39. The molecule has 0 aromatic heterocycles. The quantitative estimate of drug-likeness (QED) is 0.530. The van der Waals surface area contributed by atoms with Crippen molar-refractivity contribution in [3.05, 3.63) is 0 Å². The van der Waals surface area contributed by atoms with Crippen LogP contribution in [0.15, 0.2) is 0 Å². The third kappa shape index (κ3) is 6.36. The van der Waals surface area contributed by atoms with Crippen molar-refractivity contribution in [1.29, 1.82) is 0 Å². The van der Waals surface area contributed by atoms with Crippen molar-refractivity contribution in [3.8, 4) is 0 Å². The van der Waals surface area contributed by atoms with Crippen LogP contribution in [0, 0.1) is 0 Å². The first-order chi connectivity index (χ1) is 5.74. The van der Waals surface area contributed by atoms with Gasteiger partial charge < -0.3 is 5.11 Å². The number of nitrogens with zero attached hydrogens (tertiary/aromatic N) is 1. The second-order valence-electron chi connectivity index (χ2n) is 4.39. The molecule has 1 atom stereocenters. The number of aliphatic hydroxyl groups is 1. The van der Waals surface area contributed by atoms with E-state index in [0.717, 1.165) is 6.54 Å². The molecule has 3 heteroatoms. The van der Waals surface area contributed by atoms with Crippen molar-refractivity contribution in [3.63, 3.8) is 0 Å². The Morgan fingerprint density at radius 3 is 1.85 bits per heavy atom. The molecule has 80 valence electrons. The van der Waals surface area contributed by atoms with E-state index in [1.165, 1.54) is 0 Å². The Labute approximate surface area is 87.7 Å². The number of thiol groups is 1. The summed E-state index contributed by atoms with van der Waals surface area (Å²) < 4.78 is 0. The standard InChI is InChI=1S/C10H23NOS/c1-8(2)11(9(3)4)7-6-10(5,12)13/h8-9,12-13H,6-7H2,1-5H3. The average Bonchev–Trinajstić information content (AvgIpc) is 1.82. The lowest BCUT2D eigenvalue weighted by molar-refractivity contribution is 0.104. The van der Waals surface area contributed by atoms with E-state index in [2.05, 4.69) is 45.2 Å². The summed E-state index contributed by atoms with van der Waals surface area (Å²) in [7, 11) is 0. The summed E-state index contributed by atoms with van der Waals surface area (Å²) in [6.07, 6.45) is 0.701. The van der Waals surface area contributed by atoms with Crippen molar-refractivity contribution in [2.24, 2.45) is 0 Å². The van der Waals surface area contributed by atoms with Gasteiger partial charge in [-0.05, 0) is 41.0 Å². The summed E-state index contributed by atoms with van der Waals surface area (Å²) in [5.41, 5.74) is 0. The van der Waals surface area contributed by atoms with Crippen molar-refractivity contribution in [2.45, 2.75) is 58.1 Å². The predicted octanol–water partition coefficient (Wildman–Crippen LogP) is 2.13. The van der Waals surface area contributed by atoms with E-state index in [1.807, 2.05) is 0 Å². The normalized spacial score (nSPS) is 17.1. The summed E-state index contributed by atoms with van der Waals surface area (Å²) in [6, 6.07) is 1.05. The first kappa shape index (κ1) is 13.3. The van der Waals surface area contributed by atoms with Gasteiger partial charge in [0.15, 0.2) is 0 Å². The lowest BCUT2D eigenvalue weighted by Gasteiger charge is -2.32. The Bertz CT molecular complexity index is 132. The van der Waals surface area contributed by atoms with E-state index in [9.17, 15) is 5.11 Å². The molecule has 1 unspecified atom stereocenters. The van der Waals surface area contributed by atoms with Crippen LogP contribution in [-0.2, 0) is 0 Å². The maximum absolute atomic E-state index is 9.47. The van der Waals surface area contributed by atoms with Gasteiger partial charge in [0.05, 0.1) is 0 Å². The predicted molar refractivity (Wildman–Crippen MR) is 61.2 cm³/mol. The first-order valence-electron chi connectivity index (χ1n) is 4.94. The lowest BCUT2D eigenvalue weighted by atomic mass is 10.2. The fraction of sp³-hybridized carbons (Fsp3) is 1.00. The molecule has 0 heterocycles. The maximum Gasteiger partial charge on any atom is 0.106 e. The van der Waals surface area contributed by atoms with Crippen LogP contribution in [0.2, 0.25) is 0 Å². The highest BCUT2D eigenvalue weighted by Crippen LogP contribution is 2.16. The van der Waals surface area contributed by atoms with Crippen LogP contribution in [-0.4, -0.2) is 33.6 Å². The van der Waals surface area contributed by atoms with Crippen LogP contribution < -0.4 is 0 Å². The zero-order chi connectivity index (χ0) is 10.6. The third-order valence-corrected chi connectivity index (χ3v) is 2.39. The summed E-state index contributed by atoms with van der Waals surface area (Å²) in [4.78, 5) is 1.51. The van der Waals surface area contributed by atoms with Gasteiger partial charge in [-0.1, -0.05) is 0 Å². The summed E-state index contributed by atoms with van der Waals surface area (Å²) >= 11 is 4.10. The van der Waals surface area contributed by atoms with E-state index >= 15 is 0 Å². The van der Waals surface area contributed by atoms with E-state index in [0.29, 0.717) is 18.5 Å². The van der Waals surface area contributed by atoms with Gasteiger partial charge >= 0.3 is 0 Å². The number of hydrogen-bond acceptors (Lipinski definition) is 3. The second-order valence-corrected chi connectivity index (χ2v) is 5.36. The molecular formula is C10H23NOS. The van der Waals surface area contributed by atoms with E-state index in [-0.39, 0.29) is 0 Å². The minimum atomic E-state index is -0.845. The molecule has 0 aromatic rings. The molecule has 0 bridgehead atoms. The zero-order valence-corrected chi connectivity index (χ0v) is 10.3. The number of rotatable bonds is 5. The van der Waals surface area contributed by atoms with E-state index in [4.69, 9.17) is 0 Å². The molecule has 0 fully saturated rings. The topological polar surface area (TPSA) is 23.5 Å². The average molecular weight is 205 g/mol. The van der Waals surface area contributed by atoms with E-state index < -0.39 is 4.93 Å². The summed E-state index contributed by atoms with van der Waals surface area (Å²) in [6.45, 7) is 11.3. The molecule has 0 aliphatic carbocycles. The molecule has 0 rings (SSSR count). The van der Waals surface area contributed by atoms with Gasteiger partial charge in [-0.25, -0.2) is 0 Å². The minimum absolute atomic E-state index is 0.524. The molecule has 0 aromatic carbocycles. The molecule has 13 heavy (non-hydrogen) atoms. The Morgan fingerprint density at radius 2 is 1.62 bits per heavy atom. The highest BCUT2D eigenvalue weighted by molar-refractivity contribution is 7.81. The van der Waals surface area contributed by atoms with Crippen LogP contribution >= 0.6 is 12.6 Å². The van der Waals surface area contributed by atoms with Gasteiger partial charge in [-0.2, -0.15) is 0 Å². The van der Waals surface area contributed by atoms with Gasteiger partial charge in [0.25, 0.3) is 0 Å². The van der Waals surface area contributed by atoms with Gasteiger partial charge in [-0.3, -0.25) is 4.90 Å². The zero-order valence-electron chi connectivity index (χ0n) is 9.41. The SMILES string of the molecule is CC(C)N(CCC(C)(O)S)C(C)C. The highest BCUT2D eigenvalue weighted by Gasteiger charge is 2.19. The van der Waals surface area contributed by atoms with Crippen LogP contribution in [0.3, 0.4) is 0 Å². The number of hydrogen-bond donors (Lipinski definition) is 2. The van der Waals surface area contributed by atoms with Gasteiger partial charge in [0.2, 0.25) is 0 Å². The molecule has 0 amide bonds. The van der Waals surface area contributed by atoms with Crippen LogP contribution in [0.25, 0.3) is 0 Å². The van der Waals surface area contributed by atoms with Crippen LogP contribution in [0.5, 0.6) is 0 Å². The van der Waals surface area contributed by atoms with Crippen LogP contribution in [0.4, 0.5) is 0 Å². The van der Waals surface area contributed by atoms with Crippen molar-refractivity contribution in [2.75, 3.05) is 6.54 Å². The summed E-state index contributed by atoms with van der Waals surface area (Å²) in [5, 5.41) is 9.47. The molecule has 0 aliphatic heterocycles. The molecule has 0 saturated heterocycles. The van der Waals surface area contributed by atoms with Gasteiger partial charge in [0.1, 0.15) is 4.93 Å². The Morgan fingerprint density at radius 1 is 1.23 bits per heavy atom. The lowest BCUT2D eigenvalue weighted by Crippen LogP contribution is -2.39. The minimum Gasteiger partial charge on any atom is -0.380 e. The summed E-state index contributed by atoms with van der Waals surface area (Å²) in [5.74, 6) is 0. The maximum atomic E-state index is 9.47. The Kier molecular flexibility index (Phi) is 5.33. The largest absolute Gasteiger partial charge is 0.380 e. The fourth-order valence-electron chi connectivity index (χ4n) is 1.45. The van der Waals surface area contributed by atoms with Crippen molar-refractivity contribution >= 4 is 12.6 Å². The van der Waals surface area contributed by atoms with E-state index in [1.54, 1.807) is 6.92 Å². The highest BCUT2D eigenvalue weighted by atomic mass is 32.1. The van der Waals surface area contributed by atoms with Crippen molar-refractivity contribution in [1.82, 2.24) is 4.90 Å². The van der Waals surface area contributed by atoms with Gasteiger partial charge in [-0.15, -0.1) is 12.6 Å². The molecule has 2 nitrogen and oxygen atoms in total. The second kappa shape index (κ2) is 5.23. The molecule has 0 radical (unpaired) electrons. The van der Waals surface area contributed by atoms with Crippen LogP contribution in [0.1, 0.15) is 41.0 Å². The third-order valence-electron chi connectivity index (χ3n) is 2.17. The Hall–Kier alpha value is 0.270. The molecule has 0 saturated carbocycles. The Balaban J connectivity index is 3.98. The monoisotopic (exact) mass is 205 g/mol.